The number of nitro groups is 1. The van der Waals surface area contributed by atoms with E-state index in [2.05, 4.69) is 4.98 Å². The van der Waals surface area contributed by atoms with E-state index in [0.717, 1.165) is 5.56 Å². The number of pyridine rings is 1. The molecule has 0 aliphatic carbocycles. The molecule has 0 bridgehead atoms. The van der Waals surface area contributed by atoms with Crippen LogP contribution in [-0.2, 0) is 20.9 Å². The maximum atomic E-state index is 12.4. The predicted octanol–water partition coefficient (Wildman–Crippen LogP) is 2.87. The van der Waals surface area contributed by atoms with E-state index in [9.17, 15) is 19.7 Å². The van der Waals surface area contributed by atoms with E-state index in [1.165, 1.54) is 40.9 Å². The number of nitrogens with zero attached hydrogens (tertiary/aromatic N) is 3. The topological polar surface area (TPSA) is 103 Å². The number of carbonyl (C=O) groups excluding carboxylic acids is 2. The Bertz CT molecular complexity index is 1020. The Morgan fingerprint density at radius 1 is 1.32 bits per heavy atom. The number of nitro benzene ring substituents is 1. The van der Waals surface area contributed by atoms with Crippen LogP contribution in [0.1, 0.15) is 11.1 Å². The first-order chi connectivity index (χ1) is 13.5. The third-order valence-corrected chi connectivity index (χ3v) is 5.35. The standard InChI is InChI=1S/C19H13N3O5S/c23-17-15(8-13-2-1-7-20-9-13)18-21(17)16(11-28-18)19(24)27-10-12-3-5-14(6-4-12)22(25)26/h1-9,11,18H,10H2/t18-/m1/s1. The molecule has 1 amide bonds. The molecule has 0 N–H and O–H groups in total. The van der Waals surface area contributed by atoms with Crippen molar-refractivity contribution in [3.63, 3.8) is 0 Å². The number of amides is 1. The van der Waals surface area contributed by atoms with Gasteiger partial charge in [-0.05, 0) is 35.4 Å². The average Bonchev–Trinajstić information content (AvgIpc) is 3.12. The maximum Gasteiger partial charge on any atom is 0.355 e. The molecule has 2 aromatic rings. The Morgan fingerprint density at radius 3 is 2.79 bits per heavy atom. The summed E-state index contributed by atoms with van der Waals surface area (Å²) >= 11 is 1.37. The average molecular weight is 395 g/mol. The van der Waals surface area contributed by atoms with Gasteiger partial charge in [-0.1, -0.05) is 6.07 Å². The molecule has 3 heterocycles. The van der Waals surface area contributed by atoms with E-state index in [1.807, 2.05) is 6.07 Å². The summed E-state index contributed by atoms with van der Waals surface area (Å²) in [6.07, 6.45) is 5.08. The maximum absolute atomic E-state index is 12.4. The molecule has 4 rings (SSSR count). The van der Waals surface area contributed by atoms with Crippen LogP contribution in [0.2, 0.25) is 0 Å². The molecule has 2 aliphatic rings. The quantitative estimate of drug-likeness (QED) is 0.252. The van der Waals surface area contributed by atoms with Gasteiger partial charge in [-0.2, -0.15) is 0 Å². The third-order valence-electron chi connectivity index (χ3n) is 4.27. The molecule has 9 heteroatoms. The smallest absolute Gasteiger partial charge is 0.355 e. The third kappa shape index (κ3) is 3.27. The van der Waals surface area contributed by atoms with Crippen LogP contribution < -0.4 is 0 Å². The van der Waals surface area contributed by atoms with E-state index in [1.54, 1.807) is 29.9 Å². The lowest BCUT2D eigenvalue weighted by molar-refractivity contribution is -0.384. The van der Waals surface area contributed by atoms with Crippen LogP contribution in [0, 0.1) is 10.1 Å². The van der Waals surface area contributed by atoms with Crippen molar-refractivity contribution < 1.29 is 19.2 Å². The number of esters is 1. The zero-order valence-corrected chi connectivity index (χ0v) is 15.2. The highest BCUT2D eigenvalue weighted by Gasteiger charge is 2.49. The molecule has 0 unspecified atom stereocenters. The number of rotatable bonds is 5. The van der Waals surface area contributed by atoms with E-state index in [-0.39, 0.29) is 29.3 Å². The van der Waals surface area contributed by atoms with Crippen LogP contribution in [0.3, 0.4) is 0 Å². The second-order valence-corrected chi connectivity index (χ2v) is 7.01. The lowest BCUT2D eigenvalue weighted by atomic mass is 10.0. The molecule has 140 valence electrons. The van der Waals surface area contributed by atoms with Gasteiger partial charge in [0, 0.05) is 29.9 Å². The van der Waals surface area contributed by atoms with E-state index < -0.39 is 10.9 Å². The highest BCUT2D eigenvalue weighted by molar-refractivity contribution is 8.03. The Morgan fingerprint density at radius 2 is 2.11 bits per heavy atom. The molecule has 1 atom stereocenters. The summed E-state index contributed by atoms with van der Waals surface area (Å²) in [5.74, 6) is -0.848. The lowest BCUT2D eigenvalue weighted by Gasteiger charge is -2.37. The van der Waals surface area contributed by atoms with Crippen LogP contribution >= 0.6 is 11.8 Å². The van der Waals surface area contributed by atoms with E-state index >= 15 is 0 Å². The van der Waals surface area contributed by atoms with Gasteiger partial charge >= 0.3 is 5.97 Å². The van der Waals surface area contributed by atoms with Gasteiger partial charge in [0.25, 0.3) is 11.6 Å². The first-order valence-electron chi connectivity index (χ1n) is 8.26. The van der Waals surface area contributed by atoms with Crippen molar-refractivity contribution >= 4 is 35.4 Å². The van der Waals surface area contributed by atoms with Crippen LogP contribution in [0.15, 0.2) is 65.5 Å². The number of hydrogen-bond donors (Lipinski definition) is 0. The van der Waals surface area contributed by atoms with Gasteiger partial charge < -0.3 is 4.74 Å². The zero-order valence-electron chi connectivity index (χ0n) is 14.3. The largest absolute Gasteiger partial charge is 0.456 e. The molecule has 8 nitrogen and oxygen atoms in total. The van der Waals surface area contributed by atoms with Crippen molar-refractivity contribution in [3.8, 4) is 0 Å². The number of ether oxygens (including phenoxy) is 1. The molecule has 0 spiro atoms. The zero-order chi connectivity index (χ0) is 19.7. The number of fused-ring (bicyclic) bond motifs is 1. The first kappa shape index (κ1) is 17.9. The minimum absolute atomic E-state index is 0.0353. The minimum Gasteiger partial charge on any atom is -0.456 e. The van der Waals surface area contributed by atoms with Gasteiger partial charge in [-0.15, -0.1) is 11.8 Å². The molecule has 0 radical (unpaired) electrons. The fraction of sp³-hybridized carbons (Fsp3) is 0.105. The summed E-state index contributed by atoms with van der Waals surface area (Å²) in [6.45, 7) is -0.0378. The van der Waals surface area contributed by atoms with Gasteiger partial charge in [-0.3, -0.25) is 24.8 Å². The summed E-state index contributed by atoms with van der Waals surface area (Å²) in [4.78, 5) is 40.4. The second-order valence-electron chi connectivity index (χ2n) is 6.05. The number of thioether (sulfide) groups is 1. The Hall–Kier alpha value is -3.46. The first-order valence-corrected chi connectivity index (χ1v) is 9.20. The number of benzene rings is 1. The number of carbonyl (C=O) groups is 2. The Kier molecular flexibility index (Phi) is 4.66. The van der Waals surface area contributed by atoms with Crippen LogP contribution in [-0.4, -0.2) is 32.1 Å². The van der Waals surface area contributed by atoms with E-state index in [4.69, 9.17) is 4.74 Å². The number of hydrogen-bond acceptors (Lipinski definition) is 7. The second kappa shape index (κ2) is 7.28. The number of non-ortho nitro benzene ring substituents is 1. The molecular weight excluding hydrogens is 382 g/mol. The van der Waals surface area contributed by atoms with Crippen molar-refractivity contribution in [2.45, 2.75) is 12.0 Å². The molecule has 1 aromatic heterocycles. The summed E-state index contributed by atoms with van der Waals surface area (Å²) in [5.41, 5.74) is 2.21. The van der Waals surface area contributed by atoms with Crippen molar-refractivity contribution in [2.24, 2.45) is 0 Å². The van der Waals surface area contributed by atoms with Crippen molar-refractivity contribution in [1.29, 1.82) is 0 Å². The molecule has 28 heavy (non-hydrogen) atoms. The van der Waals surface area contributed by atoms with E-state index in [0.29, 0.717) is 11.1 Å². The fourth-order valence-corrected chi connectivity index (χ4v) is 3.95. The Balaban J connectivity index is 1.38. The molecule has 1 saturated heterocycles. The van der Waals surface area contributed by atoms with Gasteiger partial charge in [-0.25, -0.2) is 4.79 Å². The van der Waals surface area contributed by atoms with Gasteiger partial charge in [0.15, 0.2) is 0 Å². The predicted molar refractivity (Wildman–Crippen MR) is 101 cm³/mol. The number of β-lactam (4-membered cyclic amide) rings is 1. The fourth-order valence-electron chi connectivity index (χ4n) is 2.84. The van der Waals surface area contributed by atoms with Crippen molar-refractivity contribution in [3.05, 3.63) is 86.7 Å². The minimum atomic E-state index is -0.609. The summed E-state index contributed by atoms with van der Waals surface area (Å²) in [6, 6.07) is 9.37. The highest BCUT2D eigenvalue weighted by atomic mass is 32.2. The highest BCUT2D eigenvalue weighted by Crippen LogP contribution is 2.45. The van der Waals surface area contributed by atoms with Gasteiger partial charge in [0.1, 0.15) is 17.7 Å². The van der Waals surface area contributed by atoms with Crippen LogP contribution in [0.5, 0.6) is 0 Å². The SMILES string of the molecule is O=C(OCc1ccc([N+](=O)[O-])cc1)C1=CS[C@@H]2C(=Cc3cccnc3)C(=O)N12. The molecule has 0 saturated carbocycles. The van der Waals surface area contributed by atoms with Crippen molar-refractivity contribution in [2.75, 3.05) is 0 Å². The lowest BCUT2D eigenvalue weighted by Crippen LogP contribution is -2.51. The number of aromatic nitrogens is 1. The summed E-state index contributed by atoms with van der Waals surface area (Å²) < 4.78 is 5.25. The summed E-state index contributed by atoms with van der Waals surface area (Å²) in [7, 11) is 0. The Labute approximate surface area is 163 Å². The molecular formula is C19H13N3O5S. The normalized spacial score (nSPS) is 19.1. The van der Waals surface area contributed by atoms with Gasteiger partial charge in [0.05, 0.1) is 10.5 Å². The molecule has 1 aromatic carbocycles. The van der Waals surface area contributed by atoms with Gasteiger partial charge in [0.2, 0.25) is 0 Å². The summed E-state index contributed by atoms with van der Waals surface area (Å²) in [5, 5.41) is 12.0. The molecule has 2 aliphatic heterocycles. The van der Waals surface area contributed by atoms with Crippen molar-refractivity contribution in [1.82, 2.24) is 9.88 Å². The van der Waals surface area contributed by atoms with Crippen LogP contribution in [0.4, 0.5) is 5.69 Å². The monoisotopic (exact) mass is 395 g/mol. The van der Waals surface area contributed by atoms with Crippen LogP contribution in [0.25, 0.3) is 6.08 Å². The molecule has 1 fully saturated rings.